The number of nitrogens with one attached hydrogen (secondary N) is 1. The van der Waals surface area contributed by atoms with Crippen molar-refractivity contribution in [2.24, 2.45) is 0 Å². The number of rotatable bonds is 7. The minimum absolute atomic E-state index is 0.0306. The number of sulfonamides is 1. The highest BCUT2D eigenvalue weighted by Crippen LogP contribution is 2.32. The highest BCUT2D eigenvalue weighted by molar-refractivity contribution is 7.89. The molecule has 5 nitrogen and oxygen atoms in total. The highest BCUT2D eigenvalue weighted by atomic mass is 32.2. The Hall–Kier alpha value is -1.89. The zero-order valence-electron chi connectivity index (χ0n) is 14.5. The molecule has 6 heteroatoms. The van der Waals surface area contributed by atoms with Gasteiger partial charge in [-0.05, 0) is 41.3 Å². The first kappa shape index (κ1) is 17.9. The van der Waals surface area contributed by atoms with Gasteiger partial charge in [-0.15, -0.1) is 0 Å². The Morgan fingerprint density at radius 3 is 2.60 bits per heavy atom. The standard InChI is InChI=1S/C19H23NO4S/c1-14-11-18-12-17(7-8-19(18)24-14)16-5-3-15(4-6-16)13-20-25(21,22)10-9-23-2/h3-8,12,14,20H,9-11,13H2,1-2H3. The minimum Gasteiger partial charge on any atom is -0.490 e. The van der Waals surface area contributed by atoms with Gasteiger partial charge in [0, 0.05) is 20.1 Å². The van der Waals surface area contributed by atoms with Gasteiger partial charge in [-0.3, -0.25) is 0 Å². The van der Waals surface area contributed by atoms with E-state index < -0.39 is 10.0 Å². The Morgan fingerprint density at radius 1 is 1.16 bits per heavy atom. The number of fused-ring (bicyclic) bond motifs is 1. The van der Waals surface area contributed by atoms with Gasteiger partial charge in [0.1, 0.15) is 11.9 Å². The lowest BCUT2D eigenvalue weighted by Gasteiger charge is -2.08. The van der Waals surface area contributed by atoms with Crippen LogP contribution in [0.25, 0.3) is 11.1 Å². The fraction of sp³-hybridized carbons (Fsp3) is 0.368. The van der Waals surface area contributed by atoms with E-state index in [0.717, 1.165) is 28.9 Å². The molecule has 0 fully saturated rings. The third kappa shape index (κ3) is 4.60. The van der Waals surface area contributed by atoms with E-state index >= 15 is 0 Å². The summed E-state index contributed by atoms with van der Waals surface area (Å²) >= 11 is 0. The molecule has 1 N–H and O–H groups in total. The van der Waals surface area contributed by atoms with Crippen molar-refractivity contribution in [1.29, 1.82) is 0 Å². The Labute approximate surface area is 149 Å². The maximum Gasteiger partial charge on any atom is 0.214 e. The molecule has 1 unspecified atom stereocenters. The smallest absolute Gasteiger partial charge is 0.214 e. The van der Waals surface area contributed by atoms with E-state index in [9.17, 15) is 8.42 Å². The molecule has 0 saturated carbocycles. The van der Waals surface area contributed by atoms with Crippen LogP contribution in [0.5, 0.6) is 5.75 Å². The molecule has 2 aromatic rings. The molecular formula is C19H23NO4S. The summed E-state index contributed by atoms with van der Waals surface area (Å²) in [5, 5.41) is 0. The van der Waals surface area contributed by atoms with E-state index in [-0.39, 0.29) is 25.0 Å². The van der Waals surface area contributed by atoms with Gasteiger partial charge < -0.3 is 9.47 Å². The van der Waals surface area contributed by atoms with Crippen molar-refractivity contribution in [3.8, 4) is 16.9 Å². The molecule has 25 heavy (non-hydrogen) atoms. The van der Waals surface area contributed by atoms with Gasteiger partial charge in [-0.1, -0.05) is 30.3 Å². The molecule has 2 aromatic carbocycles. The molecule has 3 rings (SSSR count). The predicted molar refractivity (Wildman–Crippen MR) is 98.2 cm³/mol. The van der Waals surface area contributed by atoms with E-state index in [1.165, 1.54) is 12.7 Å². The Morgan fingerprint density at radius 2 is 1.88 bits per heavy atom. The summed E-state index contributed by atoms with van der Waals surface area (Å²) in [5.41, 5.74) is 4.40. The lowest BCUT2D eigenvalue weighted by atomic mass is 10.0. The topological polar surface area (TPSA) is 64.6 Å². The summed E-state index contributed by atoms with van der Waals surface area (Å²) in [6.45, 7) is 2.54. The third-order valence-corrected chi connectivity index (χ3v) is 5.52. The lowest BCUT2D eigenvalue weighted by molar-refractivity contribution is 0.217. The second-order valence-electron chi connectivity index (χ2n) is 6.28. The van der Waals surface area contributed by atoms with Crippen molar-refractivity contribution in [1.82, 2.24) is 4.72 Å². The average Bonchev–Trinajstić information content (AvgIpc) is 2.98. The SMILES string of the molecule is COCCS(=O)(=O)NCc1ccc(-c2ccc3c(c2)CC(C)O3)cc1. The molecule has 0 spiro atoms. The van der Waals surface area contributed by atoms with Gasteiger partial charge in [0.2, 0.25) is 10.0 Å². The van der Waals surface area contributed by atoms with Crippen LogP contribution in [0.3, 0.4) is 0 Å². The molecular weight excluding hydrogens is 338 g/mol. The van der Waals surface area contributed by atoms with Crippen molar-refractivity contribution in [2.45, 2.75) is 26.0 Å². The first-order valence-corrected chi connectivity index (χ1v) is 9.97. The molecule has 0 aliphatic carbocycles. The molecule has 0 saturated heterocycles. The average molecular weight is 361 g/mol. The first-order valence-electron chi connectivity index (χ1n) is 8.32. The summed E-state index contributed by atoms with van der Waals surface area (Å²) in [5.74, 6) is 0.940. The zero-order valence-corrected chi connectivity index (χ0v) is 15.3. The van der Waals surface area contributed by atoms with Gasteiger partial charge in [0.25, 0.3) is 0 Å². The molecule has 1 aliphatic rings. The molecule has 1 aliphatic heterocycles. The van der Waals surface area contributed by atoms with Crippen LogP contribution in [0.15, 0.2) is 42.5 Å². The number of ether oxygens (including phenoxy) is 2. The van der Waals surface area contributed by atoms with Crippen LogP contribution in [0.4, 0.5) is 0 Å². The van der Waals surface area contributed by atoms with Crippen LogP contribution in [0.2, 0.25) is 0 Å². The van der Waals surface area contributed by atoms with Crippen LogP contribution in [-0.2, 0) is 27.7 Å². The second kappa shape index (κ2) is 7.56. The second-order valence-corrected chi connectivity index (χ2v) is 8.21. The van der Waals surface area contributed by atoms with E-state index in [1.807, 2.05) is 30.3 Å². The molecule has 1 atom stereocenters. The van der Waals surface area contributed by atoms with Crippen molar-refractivity contribution >= 4 is 10.0 Å². The molecule has 0 aromatic heterocycles. The van der Waals surface area contributed by atoms with Gasteiger partial charge in [0.05, 0.1) is 12.4 Å². The van der Waals surface area contributed by atoms with Crippen molar-refractivity contribution in [2.75, 3.05) is 19.5 Å². The maximum atomic E-state index is 11.8. The number of methoxy groups -OCH3 is 1. The fourth-order valence-corrected chi connectivity index (χ4v) is 3.79. The van der Waals surface area contributed by atoms with Crippen LogP contribution < -0.4 is 9.46 Å². The highest BCUT2D eigenvalue weighted by Gasteiger charge is 2.19. The van der Waals surface area contributed by atoms with Crippen LogP contribution in [0.1, 0.15) is 18.1 Å². The quantitative estimate of drug-likeness (QED) is 0.824. The van der Waals surface area contributed by atoms with Gasteiger partial charge in [-0.2, -0.15) is 0 Å². The summed E-state index contributed by atoms with van der Waals surface area (Å²) in [6.07, 6.45) is 1.17. The normalized spacial score (nSPS) is 16.5. The van der Waals surface area contributed by atoms with Gasteiger partial charge in [0.15, 0.2) is 0 Å². The summed E-state index contributed by atoms with van der Waals surface area (Å²) in [6, 6.07) is 14.2. The Balaban J connectivity index is 1.66. The van der Waals surface area contributed by atoms with Gasteiger partial charge in [-0.25, -0.2) is 13.1 Å². The first-order chi connectivity index (χ1) is 12.0. The summed E-state index contributed by atoms with van der Waals surface area (Å²) < 4.78 is 36.7. The van der Waals surface area contributed by atoms with Crippen LogP contribution >= 0.6 is 0 Å². The zero-order chi connectivity index (χ0) is 17.9. The number of benzene rings is 2. The Bertz CT molecular complexity index is 831. The monoisotopic (exact) mass is 361 g/mol. The van der Waals surface area contributed by atoms with E-state index in [4.69, 9.17) is 9.47 Å². The van der Waals surface area contributed by atoms with Crippen LogP contribution in [-0.4, -0.2) is 34.0 Å². The third-order valence-electron chi connectivity index (χ3n) is 4.24. The molecule has 134 valence electrons. The number of hydrogen-bond acceptors (Lipinski definition) is 4. The Kier molecular flexibility index (Phi) is 5.42. The van der Waals surface area contributed by atoms with Crippen molar-refractivity contribution < 1.29 is 17.9 Å². The molecule has 0 radical (unpaired) electrons. The molecule has 1 heterocycles. The van der Waals surface area contributed by atoms with Gasteiger partial charge >= 0.3 is 0 Å². The maximum absolute atomic E-state index is 11.8. The summed E-state index contributed by atoms with van der Waals surface area (Å²) in [7, 11) is -1.82. The summed E-state index contributed by atoms with van der Waals surface area (Å²) in [4.78, 5) is 0. The fourth-order valence-electron chi connectivity index (χ4n) is 2.88. The molecule has 0 amide bonds. The van der Waals surface area contributed by atoms with E-state index in [0.29, 0.717) is 0 Å². The van der Waals surface area contributed by atoms with Crippen LogP contribution in [0, 0.1) is 0 Å². The van der Waals surface area contributed by atoms with E-state index in [1.54, 1.807) is 0 Å². The predicted octanol–water partition coefficient (Wildman–Crippen LogP) is 2.74. The van der Waals surface area contributed by atoms with Crippen molar-refractivity contribution in [3.63, 3.8) is 0 Å². The van der Waals surface area contributed by atoms with Crippen molar-refractivity contribution in [3.05, 3.63) is 53.6 Å². The lowest BCUT2D eigenvalue weighted by Crippen LogP contribution is -2.27. The molecule has 0 bridgehead atoms. The number of hydrogen-bond donors (Lipinski definition) is 1. The largest absolute Gasteiger partial charge is 0.490 e. The van der Waals surface area contributed by atoms with E-state index in [2.05, 4.69) is 23.8 Å². The minimum atomic E-state index is -3.31.